The number of carbonyl (C=O) groups is 1. The fourth-order valence-corrected chi connectivity index (χ4v) is 1.06. The first-order valence-corrected chi connectivity index (χ1v) is 4.58. The van der Waals surface area contributed by atoms with Gasteiger partial charge in [0.25, 0.3) is 5.91 Å². The van der Waals surface area contributed by atoms with Crippen molar-refractivity contribution in [3.8, 4) is 0 Å². The fraction of sp³-hybridized carbons (Fsp3) is 0.444. The van der Waals surface area contributed by atoms with Crippen molar-refractivity contribution in [1.82, 2.24) is 5.32 Å². The van der Waals surface area contributed by atoms with Crippen LogP contribution < -0.4 is 11.1 Å². The maximum absolute atomic E-state index is 11.5. The van der Waals surface area contributed by atoms with Gasteiger partial charge >= 0.3 is 0 Å². The number of nitrogens with one attached hydrogen (secondary N) is 1. The summed E-state index contributed by atoms with van der Waals surface area (Å²) in [5.74, 6) is -0.276. The summed E-state index contributed by atoms with van der Waals surface area (Å²) >= 11 is 5.63. The summed E-state index contributed by atoms with van der Waals surface area (Å²) < 4.78 is 4.79. The summed E-state index contributed by atoms with van der Waals surface area (Å²) in [4.78, 5) is 11.5. The third-order valence-corrected chi connectivity index (χ3v) is 1.86. The molecule has 0 bridgehead atoms. The smallest absolute Gasteiger partial charge is 0.256 e. The topological polar surface area (TPSA) is 68.3 Å². The van der Waals surface area contributed by atoms with E-state index in [1.54, 1.807) is 0 Å². The monoisotopic (exact) mass is 216 g/mol. The molecule has 0 radical (unpaired) electrons. The SMILES string of the molecule is CC(C)(N)CNC(=O)c1ccoc1Cl. The number of hydrogen-bond acceptors (Lipinski definition) is 3. The summed E-state index contributed by atoms with van der Waals surface area (Å²) in [5.41, 5.74) is 5.59. The van der Waals surface area contributed by atoms with Crippen LogP contribution in [0.25, 0.3) is 0 Å². The van der Waals surface area contributed by atoms with Crippen molar-refractivity contribution in [2.24, 2.45) is 5.73 Å². The van der Waals surface area contributed by atoms with Gasteiger partial charge in [-0.25, -0.2) is 0 Å². The van der Waals surface area contributed by atoms with Crippen molar-refractivity contribution in [3.05, 3.63) is 23.1 Å². The molecule has 0 unspecified atom stereocenters. The largest absolute Gasteiger partial charge is 0.452 e. The van der Waals surface area contributed by atoms with Gasteiger partial charge in [0.2, 0.25) is 5.22 Å². The van der Waals surface area contributed by atoms with Crippen LogP contribution in [0, 0.1) is 0 Å². The number of nitrogens with two attached hydrogens (primary N) is 1. The van der Waals surface area contributed by atoms with E-state index >= 15 is 0 Å². The van der Waals surface area contributed by atoms with Crippen LogP contribution in [0.5, 0.6) is 0 Å². The molecule has 0 aliphatic heterocycles. The van der Waals surface area contributed by atoms with E-state index in [1.807, 2.05) is 13.8 Å². The van der Waals surface area contributed by atoms with Gasteiger partial charge in [-0.15, -0.1) is 0 Å². The Labute approximate surface area is 87.4 Å². The molecule has 0 saturated heterocycles. The quantitative estimate of drug-likeness (QED) is 0.803. The zero-order valence-electron chi connectivity index (χ0n) is 8.13. The Morgan fingerprint density at radius 2 is 2.36 bits per heavy atom. The van der Waals surface area contributed by atoms with E-state index in [4.69, 9.17) is 21.8 Å². The first-order chi connectivity index (χ1) is 6.40. The lowest BCUT2D eigenvalue weighted by Crippen LogP contribution is -2.45. The maximum Gasteiger partial charge on any atom is 0.256 e. The number of hydrogen-bond donors (Lipinski definition) is 2. The van der Waals surface area contributed by atoms with E-state index in [0.717, 1.165) is 0 Å². The molecule has 1 rings (SSSR count). The van der Waals surface area contributed by atoms with Crippen molar-refractivity contribution < 1.29 is 9.21 Å². The summed E-state index contributed by atoms with van der Waals surface area (Å²) in [7, 11) is 0. The van der Waals surface area contributed by atoms with Crippen LogP contribution in [0.1, 0.15) is 24.2 Å². The molecule has 0 spiro atoms. The Morgan fingerprint density at radius 1 is 1.71 bits per heavy atom. The molecule has 0 atom stereocenters. The van der Waals surface area contributed by atoms with Gasteiger partial charge in [0.05, 0.1) is 11.8 Å². The lowest BCUT2D eigenvalue weighted by molar-refractivity contribution is 0.0945. The number of furan rings is 1. The van der Waals surface area contributed by atoms with Gasteiger partial charge in [0.1, 0.15) is 0 Å². The summed E-state index contributed by atoms with van der Waals surface area (Å²) in [6.07, 6.45) is 1.37. The highest BCUT2D eigenvalue weighted by Crippen LogP contribution is 2.16. The first kappa shape index (κ1) is 11.1. The maximum atomic E-state index is 11.5. The molecule has 0 fully saturated rings. The van der Waals surface area contributed by atoms with Gasteiger partial charge in [0.15, 0.2) is 0 Å². The zero-order chi connectivity index (χ0) is 10.8. The van der Waals surface area contributed by atoms with Gasteiger partial charge in [-0.2, -0.15) is 0 Å². The molecule has 0 saturated carbocycles. The van der Waals surface area contributed by atoms with Crippen LogP contribution >= 0.6 is 11.6 Å². The molecule has 0 aliphatic rings. The van der Waals surface area contributed by atoms with Crippen LogP contribution in [-0.2, 0) is 0 Å². The summed E-state index contributed by atoms with van der Waals surface area (Å²) in [6, 6.07) is 1.52. The second-order valence-corrected chi connectivity index (χ2v) is 4.12. The minimum absolute atomic E-state index is 0.0947. The molecule has 1 aromatic heterocycles. The molecule has 1 amide bonds. The van der Waals surface area contributed by atoms with E-state index in [9.17, 15) is 4.79 Å². The van der Waals surface area contributed by atoms with Crippen LogP contribution in [-0.4, -0.2) is 18.0 Å². The Bertz CT molecular complexity index is 328. The molecular formula is C9H13ClN2O2. The predicted molar refractivity (Wildman–Crippen MR) is 54.3 cm³/mol. The average molecular weight is 217 g/mol. The predicted octanol–water partition coefficient (Wildman–Crippen LogP) is 1.40. The van der Waals surface area contributed by atoms with Crippen LogP contribution in [0.15, 0.2) is 16.7 Å². The molecule has 5 heteroatoms. The van der Waals surface area contributed by atoms with Gasteiger partial charge < -0.3 is 15.5 Å². The van der Waals surface area contributed by atoms with E-state index < -0.39 is 5.54 Å². The molecule has 3 N–H and O–H groups in total. The molecule has 78 valence electrons. The Hall–Kier alpha value is -1.00. The Balaban J connectivity index is 2.56. The summed E-state index contributed by atoms with van der Waals surface area (Å²) in [5, 5.41) is 2.75. The molecule has 0 aliphatic carbocycles. The zero-order valence-corrected chi connectivity index (χ0v) is 8.89. The Morgan fingerprint density at radius 3 is 2.79 bits per heavy atom. The lowest BCUT2D eigenvalue weighted by atomic mass is 10.1. The van der Waals surface area contributed by atoms with Crippen molar-refractivity contribution in [1.29, 1.82) is 0 Å². The highest BCUT2D eigenvalue weighted by Gasteiger charge is 2.16. The molecule has 4 nitrogen and oxygen atoms in total. The number of halogens is 1. The van der Waals surface area contributed by atoms with E-state index in [0.29, 0.717) is 12.1 Å². The highest BCUT2D eigenvalue weighted by molar-refractivity contribution is 6.32. The second-order valence-electron chi connectivity index (χ2n) is 3.78. The average Bonchev–Trinajstić information content (AvgIpc) is 2.46. The van der Waals surface area contributed by atoms with E-state index in [-0.39, 0.29) is 11.1 Å². The van der Waals surface area contributed by atoms with Crippen molar-refractivity contribution in [3.63, 3.8) is 0 Å². The van der Waals surface area contributed by atoms with Gasteiger partial charge in [0, 0.05) is 12.1 Å². The standard InChI is InChI=1S/C9H13ClN2O2/c1-9(2,11)5-12-8(13)6-3-4-14-7(6)10/h3-4H,5,11H2,1-2H3,(H,12,13). The molecule has 0 aromatic carbocycles. The van der Waals surface area contributed by atoms with Gasteiger partial charge in [-0.05, 0) is 31.5 Å². The third-order valence-electron chi connectivity index (χ3n) is 1.57. The van der Waals surface area contributed by atoms with Crippen molar-refractivity contribution in [2.45, 2.75) is 19.4 Å². The van der Waals surface area contributed by atoms with Crippen molar-refractivity contribution >= 4 is 17.5 Å². The molecule has 1 aromatic rings. The number of carbonyl (C=O) groups excluding carboxylic acids is 1. The number of amides is 1. The molecule has 1 heterocycles. The van der Waals surface area contributed by atoms with E-state index in [1.165, 1.54) is 12.3 Å². The van der Waals surface area contributed by atoms with Crippen molar-refractivity contribution in [2.75, 3.05) is 6.54 Å². The van der Waals surface area contributed by atoms with E-state index in [2.05, 4.69) is 5.32 Å². The lowest BCUT2D eigenvalue weighted by Gasteiger charge is -2.18. The highest BCUT2D eigenvalue weighted by atomic mass is 35.5. The first-order valence-electron chi connectivity index (χ1n) is 4.20. The van der Waals surface area contributed by atoms with Crippen LogP contribution in [0.2, 0.25) is 5.22 Å². The van der Waals surface area contributed by atoms with Crippen LogP contribution in [0.4, 0.5) is 0 Å². The summed E-state index contributed by atoms with van der Waals surface area (Å²) in [6.45, 7) is 4.03. The normalized spacial score (nSPS) is 11.4. The van der Waals surface area contributed by atoms with Gasteiger partial charge in [-0.3, -0.25) is 4.79 Å². The minimum atomic E-state index is -0.439. The van der Waals surface area contributed by atoms with Gasteiger partial charge in [-0.1, -0.05) is 0 Å². The molecule has 14 heavy (non-hydrogen) atoms. The second kappa shape index (κ2) is 4.02. The Kier molecular flexibility index (Phi) is 3.18. The molecular weight excluding hydrogens is 204 g/mol. The minimum Gasteiger partial charge on any atom is -0.452 e. The van der Waals surface area contributed by atoms with Crippen LogP contribution in [0.3, 0.4) is 0 Å². The third kappa shape index (κ3) is 3.05. The number of rotatable bonds is 3. The fourth-order valence-electron chi connectivity index (χ4n) is 0.859.